The maximum Gasteiger partial charge on any atom is 0.0390 e. The summed E-state index contributed by atoms with van der Waals surface area (Å²) in [6.07, 6.45) is 0. The highest BCUT2D eigenvalue weighted by molar-refractivity contribution is 5.97. The van der Waals surface area contributed by atoms with Crippen molar-refractivity contribution < 1.29 is 0 Å². The van der Waals surface area contributed by atoms with Gasteiger partial charge in [-0.3, -0.25) is 0 Å². The van der Waals surface area contributed by atoms with Crippen molar-refractivity contribution in [3.63, 3.8) is 0 Å². The van der Waals surface area contributed by atoms with Crippen LogP contribution in [0.2, 0.25) is 0 Å². The summed E-state index contributed by atoms with van der Waals surface area (Å²) in [5, 5.41) is 13.0. The van der Waals surface area contributed by atoms with E-state index in [1.165, 1.54) is 88.7 Å². The van der Waals surface area contributed by atoms with Gasteiger partial charge in [0, 0.05) is 34.1 Å². The molecule has 3 N–H and O–H groups in total. The second kappa shape index (κ2) is 27.0. The molecule has 3 nitrogen and oxygen atoms in total. The van der Waals surface area contributed by atoms with Crippen molar-refractivity contribution in [2.24, 2.45) is 0 Å². The van der Waals surface area contributed by atoms with Crippen LogP contribution in [0.1, 0.15) is 0 Å². The molecule has 0 aliphatic rings. The molecule has 14 rings (SSSR count). The first-order chi connectivity index (χ1) is 42.1. The van der Waals surface area contributed by atoms with Crippen LogP contribution < -0.4 is 16.0 Å². The Morgan fingerprint density at radius 3 is 0.871 bits per heavy atom. The van der Waals surface area contributed by atoms with Crippen LogP contribution in [-0.2, 0) is 0 Å². The van der Waals surface area contributed by atoms with Crippen molar-refractivity contribution in [2.45, 2.75) is 0 Å². The van der Waals surface area contributed by atoms with Gasteiger partial charge in [-0.25, -0.2) is 0 Å². The third-order valence-corrected chi connectivity index (χ3v) is 15.0. The lowest BCUT2D eigenvalue weighted by Crippen LogP contribution is -1.91. The molecule has 0 amide bonds. The minimum absolute atomic E-state index is 1.07. The summed E-state index contributed by atoms with van der Waals surface area (Å²) >= 11 is 0. The van der Waals surface area contributed by atoms with Crippen LogP contribution in [0.5, 0.6) is 0 Å². The number of hydrogen-bond acceptors (Lipinski definition) is 3. The van der Waals surface area contributed by atoms with E-state index in [9.17, 15) is 0 Å². The molecule has 14 aromatic rings. The number of anilines is 6. The molecule has 0 heterocycles. The van der Waals surface area contributed by atoms with Gasteiger partial charge in [0.1, 0.15) is 0 Å². The van der Waals surface area contributed by atoms with Crippen LogP contribution in [0.4, 0.5) is 34.1 Å². The number of rotatable bonds is 13. The fraction of sp³-hybridized carbons (Fsp3) is 0. The van der Waals surface area contributed by atoms with Crippen molar-refractivity contribution in [3.05, 3.63) is 364 Å². The highest BCUT2D eigenvalue weighted by Gasteiger charge is 2.10. The lowest BCUT2D eigenvalue weighted by molar-refractivity contribution is 1.53. The van der Waals surface area contributed by atoms with E-state index in [4.69, 9.17) is 0 Å². The fourth-order valence-electron chi connectivity index (χ4n) is 10.6. The Labute approximate surface area is 499 Å². The maximum atomic E-state index is 3.58. The molecule has 0 fully saturated rings. The molecule has 0 aliphatic carbocycles. The van der Waals surface area contributed by atoms with Gasteiger partial charge >= 0.3 is 0 Å². The molecular weight excluding hydrogens is 1030 g/mol. The molecule has 0 spiro atoms. The monoisotopic (exact) mass is 1090 g/mol. The van der Waals surface area contributed by atoms with Gasteiger partial charge in [-0.2, -0.15) is 0 Å². The molecule has 0 atom stereocenters. The van der Waals surface area contributed by atoms with Crippen molar-refractivity contribution in [2.75, 3.05) is 16.0 Å². The van der Waals surface area contributed by atoms with Crippen molar-refractivity contribution in [1.82, 2.24) is 0 Å². The van der Waals surface area contributed by atoms with E-state index >= 15 is 0 Å². The van der Waals surface area contributed by atoms with Crippen molar-refractivity contribution in [3.8, 4) is 77.9 Å². The Kier molecular flexibility index (Phi) is 17.3. The molecule has 3 heteroatoms. The molecule has 0 aromatic heterocycles. The van der Waals surface area contributed by atoms with Crippen LogP contribution >= 0.6 is 0 Å². The molecule has 14 aromatic carbocycles. The molecule has 0 unspecified atom stereocenters. The molecule has 406 valence electrons. The Morgan fingerprint density at radius 1 is 0.141 bits per heavy atom. The fourth-order valence-corrected chi connectivity index (χ4v) is 10.6. The minimum Gasteiger partial charge on any atom is -0.356 e. The first kappa shape index (κ1) is 54.3. The summed E-state index contributed by atoms with van der Waals surface area (Å²) in [6.45, 7) is 0. The van der Waals surface area contributed by atoms with E-state index in [2.05, 4.69) is 331 Å². The predicted molar refractivity (Wildman–Crippen MR) is 364 cm³/mol. The van der Waals surface area contributed by atoms with Crippen LogP contribution in [0, 0.1) is 0 Å². The highest BCUT2D eigenvalue weighted by atomic mass is 14.9. The number of hydrogen-bond donors (Lipinski definition) is 3. The van der Waals surface area contributed by atoms with Crippen LogP contribution in [-0.4, -0.2) is 0 Å². The molecule has 0 bridgehead atoms. The first-order valence-corrected chi connectivity index (χ1v) is 28.9. The second-order valence-electron chi connectivity index (χ2n) is 20.8. The summed E-state index contributed by atoms with van der Waals surface area (Å²) in [4.78, 5) is 0. The highest BCUT2D eigenvalue weighted by Crippen LogP contribution is 2.36. The molecule has 0 saturated heterocycles. The summed E-state index contributed by atoms with van der Waals surface area (Å²) < 4.78 is 0. The molecule has 0 saturated carbocycles. The van der Waals surface area contributed by atoms with Gasteiger partial charge in [0.15, 0.2) is 0 Å². The van der Waals surface area contributed by atoms with Crippen molar-refractivity contribution in [1.29, 1.82) is 0 Å². The van der Waals surface area contributed by atoms with Crippen LogP contribution in [0.3, 0.4) is 0 Å². The van der Waals surface area contributed by atoms with E-state index in [-0.39, 0.29) is 0 Å². The molecule has 0 radical (unpaired) electrons. The van der Waals surface area contributed by atoms with Gasteiger partial charge in [0.05, 0.1) is 0 Å². The third-order valence-electron chi connectivity index (χ3n) is 15.0. The average molecular weight is 1090 g/mol. The minimum atomic E-state index is 1.07. The third kappa shape index (κ3) is 14.1. The Bertz CT molecular complexity index is 4370. The Balaban J connectivity index is 0.000000130. The summed E-state index contributed by atoms with van der Waals surface area (Å²) in [7, 11) is 0. The number of nitrogens with one attached hydrogen (secondary N) is 3. The lowest BCUT2D eigenvalue weighted by atomic mass is 9.94. The molecule has 0 aliphatic heterocycles. The molecular formula is C82H63N3. The Morgan fingerprint density at radius 2 is 0.400 bits per heavy atom. The summed E-state index contributed by atoms with van der Waals surface area (Å²) in [5.41, 5.74) is 23.7. The van der Waals surface area contributed by atoms with Crippen LogP contribution in [0.15, 0.2) is 364 Å². The summed E-state index contributed by atoms with van der Waals surface area (Å²) in [6, 6.07) is 127. The second-order valence-corrected chi connectivity index (χ2v) is 20.8. The summed E-state index contributed by atoms with van der Waals surface area (Å²) in [5.74, 6) is 0. The van der Waals surface area contributed by atoms with Gasteiger partial charge in [0.2, 0.25) is 0 Å². The topological polar surface area (TPSA) is 36.1 Å². The van der Waals surface area contributed by atoms with E-state index in [0.717, 1.165) is 34.1 Å². The van der Waals surface area contributed by atoms with Gasteiger partial charge < -0.3 is 16.0 Å². The normalized spacial score (nSPS) is 10.6. The zero-order chi connectivity index (χ0) is 57.2. The lowest BCUT2D eigenvalue weighted by Gasteiger charge is -2.13. The van der Waals surface area contributed by atoms with E-state index < -0.39 is 0 Å². The quantitative estimate of drug-likeness (QED) is 0.108. The maximum absolute atomic E-state index is 3.58. The van der Waals surface area contributed by atoms with Gasteiger partial charge in [-0.15, -0.1) is 0 Å². The van der Waals surface area contributed by atoms with E-state index in [0.29, 0.717) is 0 Å². The van der Waals surface area contributed by atoms with E-state index in [1.807, 2.05) is 48.5 Å². The average Bonchev–Trinajstić information content (AvgIpc) is 3.62. The van der Waals surface area contributed by atoms with Gasteiger partial charge in [-0.05, 0) is 161 Å². The van der Waals surface area contributed by atoms with Crippen LogP contribution in [0.25, 0.3) is 88.7 Å². The SMILES string of the molecule is c1ccc(-c2ccc(-c3ccc(Nc4cccc(-c5ccccc5-c5ccccc5)c4)cc3)cc2)cc1.c1ccc(Nc2cccc(-c3ccc(-c4ccccc4)cc3)c2)cc1.c1ccc(Nc2cccc(-c3cccc4ccccc34)c2)cc1. The first-order valence-electron chi connectivity index (χ1n) is 28.9. The number of fused-ring (bicyclic) bond motifs is 1. The zero-order valence-corrected chi connectivity index (χ0v) is 47.1. The number of benzene rings is 14. The largest absolute Gasteiger partial charge is 0.356 e. The van der Waals surface area contributed by atoms with E-state index in [1.54, 1.807) is 0 Å². The predicted octanol–water partition coefficient (Wildman–Crippen LogP) is 23.1. The number of para-hydroxylation sites is 2. The standard InChI is InChI=1S/C36H27N.C24H19N.C22H17N/c1-3-10-27(11-4-1)28-18-20-29(21-19-28)30-22-24-33(25-23-30)37-34-15-9-14-32(26-34)36-17-8-7-16-35(36)31-12-5-2-6-13-31;1-3-8-19(9-4-1)20-14-16-21(17-15-20)22-10-7-13-24(18-22)25-23-11-5-2-6-12-23;1-2-11-19(12-3-1)23-20-13-6-10-18(16-20)22-15-7-9-17-8-4-5-14-21(17)22/h1-26,37H;1-18,25H;1-16,23H. The Hall–Kier alpha value is -11.3. The smallest absolute Gasteiger partial charge is 0.0390 e. The van der Waals surface area contributed by atoms with Crippen molar-refractivity contribution >= 4 is 44.9 Å². The molecule has 85 heavy (non-hydrogen) atoms. The van der Waals surface area contributed by atoms with Gasteiger partial charge in [0.25, 0.3) is 0 Å². The zero-order valence-electron chi connectivity index (χ0n) is 47.1. The van der Waals surface area contributed by atoms with Gasteiger partial charge in [-0.1, -0.05) is 291 Å².